The monoisotopic (exact) mass is 285 g/mol. The van der Waals surface area contributed by atoms with Crippen LogP contribution in [0.2, 0.25) is 0 Å². The van der Waals surface area contributed by atoms with Crippen LogP contribution in [0.3, 0.4) is 0 Å². The number of hydrogen-bond donors (Lipinski definition) is 0. The van der Waals surface area contributed by atoms with Gasteiger partial charge in [0.05, 0.1) is 11.9 Å². The van der Waals surface area contributed by atoms with Gasteiger partial charge in [-0.05, 0) is 37.8 Å². The second-order valence-electron chi connectivity index (χ2n) is 5.08. The van der Waals surface area contributed by atoms with Gasteiger partial charge in [-0.1, -0.05) is 18.9 Å². The fraction of sp³-hybridized carbons (Fsp3) is 0.571. The number of hydrogen-bond acceptors (Lipinski definition) is 2. The normalized spacial score (nSPS) is 16.8. The molecule has 3 nitrogen and oxygen atoms in total. The zero-order chi connectivity index (χ0) is 14.0. The predicted molar refractivity (Wildman–Crippen MR) is 75.5 cm³/mol. The molecule has 1 saturated carbocycles. The molecule has 0 bridgehead atoms. The van der Waals surface area contributed by atoms with E-state index in [4.69, 9.17) is 0 Å². The number of anilines is 1. The number of benzene rings is 1. The highest BCUT2D eigenvalue weighted by Crippen LogP contribution is 2.40. The summed E-state index contributed by atoms with van der Waals surface area (Å²) in [5.74, 6) is -0.140. The summed E-state index contributed by atoms with van der Waals surface area (Å²) in [7, 11) is -3.37. The Morgan fingerprint density at radius 2 is 1.95 bits per heavy atom. The van der Waals surface area contributed by atoms with Gasteiger partial charge < -0.3 is 0 Å². The van der Waals surface area contributed by atoms with Gasteiger partial charge in [-0.25, -0.2) is 12.8 Å². The van der Waals surface area contributed by atoms with Crippen LogP contribution < -0.4 is 4.31 Å². The van der Waals surface area contributed by atoms with E-state index in [9.17, 15) is 12.8 Å². The molecule has 0 amide bonds. The molecule has 2 rings (SSSR count). The molecule has 1 aromatic carbocycles. The second kappa shape index (κ2) is 5.49. The van der Waals surface area contributed by atoms with Crippen LogP contribution in [0.4, 0.5) is 10.1 Å². The van der Waals surface area contributed by atoms with Gasteiger partial charge in [-0.15, -0.1) is 0 Å². The van der Waals surface area contributed by atoms with E-state index in [0.29, 0.717) is 17.8 Å². The van der Waals surface area contributed by atoms with E-state index in [1.807, 2.05) is 0 Å². The fourth-order valence-corrected chi connectivity index (χ4v) is 3.93. The SMILES string of the molecule is CCN(c1cccc(F)c1C1CCCC1)S(C)(=O)=O. The molecule has 0 atom stereocenters. The van der Waals surface area contributed by atoms with Crippen molar-refractivity contribution < 1.29 is 12.8 Å². The Morgan fingerprint density at radius 1 is 1.32 bits per heavy atom. The highest BCUT2D eigenvalue weighted by Gasteiger charge is 2.27. The van der Waals surface area contributed by atoms with Crippen LogP contribution in [0, 0.1) is 5.82 Å². The van der Waals surface area contributed by atoms with Gasteiger partial charge in [-0.3, -0.25) is 4.31 Å². The summed E-state index contributed by atoms with van der Waals surface area (Å²) >= 11 is 0. The fourth-order valence-electron chi connectivity index (χ4n) is 2.95. The van der Waals surface area contributed by atoms with E-state index >= 15 is 0 Å². The molecule has 1 aliphatic carbocycles. The van der Waals surface area contributed by atoms with Gasteiger partial charge in [0.1, 0.15) is 5.82 Å². The molecule has 1 aromatic rings. The topological polar surface area (TPSA) is 37.4 Å². The van der Waals surface area contributed by atoms with Crippen LogP contribution in [-0.4, -0.2) is 21.2 Å². The van der Waals surface area contributed by atoms with Crippen molar-refractivity contribution in [2.45, 2.75) is 38.5 Å². The maximum absolute atomic E-state index is 14.2. The molecular formula is C14H20FNO2S. The van der Waals surface area contributed by atoms with E-state index < -0.39 is 10.0 Å². The maximum Gasteiger partial charge on any atom is 0.232 e. The summed E-state index contributed by atoms with van der Waals surface area (Å²) in [4.78, 5) is 0. The lowest BCUT2D eigenvalue weighted by molar-refractivity contribution is 0.578. The predicted octanol–water partition coefficient (Wildman–Crippen LogP) is 3.27. The van der Waals surface area contributed by atoms with Gasteiger partial charge in [0, 0.05) is 12.1 Å². The molecule has 0 unspecified atom stereocenters. The van der Waals surface area contributed by atoms with Crippen molar-refractivity contribution in [3.63, 3.8) is 0 Å². The van der Waals surface area contributed by atoms with Crippen LogP contribution in [0.25, 0.3) is 0 Å². The van der Waals surface area contributed by atoms with Gasteiger partial charge >= 0.3 is 0 Å². The summed E-state index contributed by atoms with van der Waals surface area (Å²) in [6.45, 7) is 2.09. The zero-order valence-electron chi connectivity index (χ0n) is 11.4. The van der Waals surface area contributed by atoms with E-state index in [0.717, 1.165) is 25.7 Å². The van der Waals surface area contributed by atoms with E-state index in [1.54, 1.807) is 19.1 Å². The lowest BCUT2D eigenvalue weighted by Crippen LogP contribution is -2.30. The Balaban J connectivity index is 2.53. The summed E-state index contributed by atoms with van der Waals surface area (Å²) in [5, 5.41) is 0. The Kier molecular flexibility index (Phi) is 4.13. The molecule has 5 heteroatoms. The van der Waals surface area contributed by atoms with Crippen LogP contribution in [-0.2, 0) is 10.0 Å². The Bertz CT molecular complexity index is 551. The summed E-state index contributed by atoms with van der Waals surface area (Å²) in [6, 6.07) is 4.71. The Morgan fingerprint density at radius 3 is 2.47 bits per heavy atom. The third-order valence-corrected chi connectivity index (χ3v) is 5.01. The summed E-state index contributed by atoms with van der Waals surface area (Å²) in [6.07, 6.45) is 5.22. The van der Waals surface area contributed by atoms with Gasteiger partial charge in [0.15, 0.2) is 0 Å². The number of rotatable bonds is 4. The first-order valence-corrected chi connectivity index (χ1v) is 8.56. The first-order valence-electron chi connectivity index (χ1n) is 6.71. The molecule has 0 radical (unpaired) electrons. The molecule has 1 fully saturated rings. The quantitative estimate of drug-likeness (QED) is 0.851. The van der Waals surface area contributed by atoms with E-state index in [-0.39, 0.29) is 11.7 Å². The minimum absolute atomic E-state index is 0.145. The third kappa shape index (κ3) is 2.91. The molecule has 106 valence electrons. The van der Waals surface area contributed by atoms with Crippen LogP contribution in [0.5, 0.6) is 0 Å². The minimum Gasteiger partial charge on any atom is -0.270 e. The lowest BCUT2D eigenvalue weighted by atomic mass is 9.95. The van der Waals surface area contributed by atoms with E-state index in [2.05, 4.69) is 0 Å². The highest BCUT2D eigenvalue weighted by molar-refractivity contribution is 7.92. The third-order valence-electron chi connectivity index (χ3n) is 3.75. The standard InChI is InChI=1S/C14H20FNO2S/c1-3-16(19(2,17)18)13-10-6-9-12(15)14(13)11-7-4-5-8-11/h6,9-11H,3-5,7-8H2,1-2H3. The van der Waals surface area contributed by atoms with E-state index in [1.165, 1.54) is 16.6 Å². The van der Waals surface area contributed by atoms with Crippen molar-refractivity contribution in [2.75, 3.05) is 17.1 Å². The smallest absolute Gasteiger partial charge is 0.232 e. The average Bonchev–Trinajstić information content (AvgIpc) is 2.81. The lowest BCUT2D eigenvalue weighted by Gasteiger charge is -2.26. The summed E-state index contributed by atoms with van der Waals surface area (Å²) < 4.78 is 39.2. The molecule has 0 aromatic heterocycles. The molecule has 1 aliphatic rings. The first-order chi connectivity index (χ1) is 8.95. The molecule has 0 heterocycles. The molecule has 19 heavy (non-hydrogen) atoms. The van der Waals surface area contributed by atoms with Crippen molar-refractivity contribution in [3.05, 3.63) is 29.6 Å². The highest BCUT2D eigenvalue weighted by atomic mass is 32.2. The number of sulfonamides is 1. The van der Waals surface area contributed by atoms with Crippen molar-refractivity contribution in [3.8, 4) is 0 Å². The van der Waals surface area contributed by atoms with Gasteiger partial charge in [0.25, 0.3) is 0 Å². The molecule has 0 saturated heterocycles. The van der Waals surface area contributed by atoms with Crippen LogP contribution in [0.1, 0.15) is 44.1 Å². The minimum atomic E-state index is -3.37. The van der Waals surface area contributed by atoms with Crippen molar-refractivity contribution >= 4 is 15.7 Å². The van der Waals surface area contributed by atoms with Crippen molar-refractivity contribution in [2.24, 2.45) is 0 Å². The van der Waals surface area contributed by atoms with Crippen LogP contribution >= 0.6 is 0 Å². The van der Waals surface area contributed by atoms with Gasteiger partial charge in [0.2, 0.25) is 10.0 Å². The largest absolute Gasteiger partial charge is 0.270 e. The zero-order valence-corrected chi connectivity index (χ0v) is 12.2. The van der Waals surface area contributed by atoms with Gasteiger partial charge in [-0.2, -0.15) is 0 Å². The van der Waals surface area contributed by atoms with Crippen molar-refractivity contribution in [1.82, 2.24) is 0 Å². The summed E-state index contributed by atoms with van der Waals surface area (Å²) in [5.41, 5.74) is 1.09. The maximum atomic E-state index is 14.2. The molecule has 0 spiro atoms. The number of nitrogens with zero attached hydrogens (tertiary/aromatic N) is 1. The average molecular weight is 285 g/mol. The molecular weight excluding hydrogens is 265 g/mol. The molecule has 0 aliphatic heterocycles. The molecule has 0 N–H and O–H groups in total. The second-order valence-corrected chi connectivity index (χ2v) is 6.99. The van der Waals surface area contributed by atoms with Crippen molar-refractivity contribution in [1.29, 1.82) is 0 Å². The first kappa shape index (κ1) is 14.3. The number of halogens is 1. The Labute approximate surface area is 114 Å². The van der Waals surface area contributed by atoms with Crippen LogP contribution in [0.15, 0.2) is 18.2 Å². The Hall–Kier alpha value is -1.10.